The molecule has 0 fully saturated rings. The molecule has 0 aliphatic carbocycles. The van der Waals surface area contributed by atoms with E-state index in [-0.39, 0.29) is 5.41 Å². The zero-order valence-corrected chi connectivity index (χ0v) is 13.6. The van der Waals surface area contributed by atoms with Gasteiger partial charge in [-0.05, 0) is 30.0 Å². The van der Waals surface area contributed by atoms with E-state index in [4.69, 9.17) is 4.74 Å². The Kier molecular flexibility index (Phi) is 6.90. The topological polar surface area (TPSA) is 21.3 Å². The summed E-state index contributed by atoms with van der Waals surface area (Å²) in [5.41, 5.74) is 1.63. The molecular weight excluding hydrogens is 254 g/mol. The SMILES string of the molecule is COCC(C)NCCSc1ccc(C(C)(C)C)cc1. The summed E-state index contributed by atoms with van der Waals surface area (Å²) in [6, 6.07) is 9.36. The van der Waals surface area contributed by atoms with Crippen molar-refractivity contribution in [2.24, 2.45) is 0 Å². The Morgan fingerprint density at radius 3 is 2.37 bits per heavy atom. The predicted molar refractivity (Wildman–Crippen MR) is 85.2 cm³/mol. The molecule has 0 heterocycles. The van der Waals surface area contributed by atoms with E-state index in [2.05, 4.69) is 57.3 Å². The van der Waals surface area contributed by atoms with Crippen LogP contribution >= 0.6 is 11.8 Å². The molecule has 2 nitrogen and oxygen atoms in total. The van der Waals surface area contributed by atoms with Crippen LogP contribution in [-0.2, 0) is 10.2 Å². The summed E-state index contributed by atoms with van der Waals surface area (Å²) in [5, 5.41) is 3.44. The molecule has 0 amide bonds. The highest BCUT2D eigenvalue weighted by atomic mass is 32.2. The maximum atomic E-state index is 5.09. The Hall–Kier alpha value is -0.510. The second-order valence-corrected chi connectivity index (χ2v) is 7.10. The van der Waals surface area contributed by atoms with Crippen LogP contribution in [0.4, 0.5) is 0 Å². The van der Waals surface area contributed by atoms with E-state index < -0.39 is 0 Å². The third kappa shape index (κ3) is 6.46. The molecule has 0 bridgehead atoms. The lowest BCUT2D eigenvalue weighted by molar-refractivity contribution is 0.173. The summed E-state index contributed by atoms with van der Waals surface area (Å²) in [6.45, 7) is 10.7. The van der Waals surface area contributed by atoms with Crippen molar-refractivity contribution >= 4 is 11.8 Å². The monoisotopic (exact) mass is 281 g/mol. The highest BCUT2D eigenvalue weighted by Crippen LogP contribution is 2.25. The number of rotatable bonds is 7. The summed E-state index contributed by atoms with van der Waals surface area (Å²) in [7, 11) is 1.74. The average Bonchev–Trinajstić information content (AvgIpc) is 2.34. The van der Waals surface area contributed by atoms with E-state index in [0.717, 1.165) is 18.9 Å². The van der Waals surface area contributed by atoms with Gasteiger partial charge in [0.2, 0.25) is 0 Å². The number of methoxy groups -OCH3 is 1. The van der Waals surface area contributed by atoms with Gasteiger partial charge in [0, 0.05) is 30.3 Å². The number of thioether (sulfide) groups is 1. The van der Waals surface area contributed by atoms with Gasteiger partial charge >= 0.3 is 0 Å². The Bertz CT molecular complexity index is 356. The van der Waals surface area contributed by atoms with Gasteiger partial charge in [-0.3, -0.25) is 0 Å². The Morgan fingerprint density at radius 1 is 1.21 bits per heavy atom. The van der Waals surface area contributed by atoms with Crippen molar-refractivity contribution in [3.8, 4) is 0 Å². The van der Waals surface area contributed by atoms with Gasteiger partial charge in [-0.25, -0.2) is 0 Å². The lowest BCUT2D eigenvalue weighted by atomic mass is 9.87. The molecule has 1 aromatic carbocycles. The normalized spacial score (nSPS) is 13.5. The number of nitrogens with one attached hydrogen (secondary N) is 1. The van der Waals surface area contributed by atoms with Gasteiger partial charge in [0.25, 0.3) is 0 Å². The highest BCUT2D eigenvalue weighted by molar-refractivity contribution is 7.99. The fourth-order valence-corrected chi connectivity index (χ4v) is 2.62. The van der Waals surface area contributed by atoms with Crippen molar-refractivity contribution in [3.63, 3.8) is 0 Å². The first kappa shape index (κ1) is 16.5. The Labute approximate surface area is 122 Å². The molecule has 1 N–H and O–H groups in total. The summed E-state index contributed by atoms with van der Waals surface area (Å²) >= 11 is 1.90. The third-order valence-corrected chi connectivity index (χ3v) is 4.01. The summed E-state index contributed by atoms with van der Waals surface area (Å²) < 4.78 is 5.09. The van der Waals surface area contributed by atoms with Crippen molar-refractivity contribution in [1.29, 1.82) is 0 Å². The minimum atomic E-state index is 0.236. The molecule has 1 atom stereocenters. The molecule has 108 valence electrons. The van der Waals surface area contributed by atoms with Crippen LogP contribution < -0.4 is 5.32 Å². The lowest BCUT2D eigenvalue weighted by Gasteiger charge is -2.19. The maximum Gasteiger partial charge on any atom is 0.0613 e. The van der Waals surface area contributed by atoms with Crippen LogP contribution in [0.25, 0.3) is 0 Å². The number of hydrogen-bond acceptors (Lipinski definition) is 3. The van der Waals surface area contributed by atoms with Gasteiger partial charge in [0.15, 0.2) is 0 Å². The molecule has 0 aliphatic heterocycles. The van der Waals surface area contributed by atoms with Crippen LogP contribution in [-0.4, -0.2) is 32.1 Å². The highest BCUT2D eigenvalue weighted by Gasteiger charge is 2.12. The first-order valence-electron chi connectivity index (χ1n) is 6.89. The first-order valence-corrected chi connectivity index (χ1v) is 7.87. The molecule has 0 saturated heterocycles. The van der Waals surface area contributed by atoms with Gasteiger partial charge in [0.05, 0.1) is 6.61 Å². The Balaban J connectivity index is 2.31. The van der Waals surface area contributed by atoms with Crippen LogP contribution in [0.1, 0.15) is 33.3 Å². The van der Waals surface area contributed by atoms with E-state index in [0.29, 0.717) is 6.04 Å². The smallest absolute Gasteiger partial charge is 0.0613 e. The minimum absolute atomic E-state index is 0.236. The van der Waals surface area contributed by atoms with E-state index in [9.17, 15) is 0 Å². The van der Waals surface area contributed by atoms with Crippen LogP contribution in [0.5, 0.6) is 0 Å². The molecule has 1 unspecified atom stereocenters. The lowest BCUT2D eigenvalue weighted by Crippen LogP contribution is -2.31. The van der Waals surface area contributed by atoms with Crippen LogP contribution in [0, 0.1) is 0 Å². The van der Waals surface area contributed by atoms with Crippen LogP contribution in [0.3, 0.4) is 0 Å². The number of hydrogen-bond donors (Lipinski definition) is 1. The number of ether oxygens (including phenoxy) is 1. The van der Waals surface area contributed by atoms with Crippen molar-refractivity contribution in [2.75, 3.05) is 26.0 Å². The molecule has 0 aliphatic rings. The molecule has 0 spiro atoms. The molecular formula is C16H27NOS. The van der Waals surface area contributed by atoms with Gasteiger partial charge in [-0.1, -0.05) is 32.9 Å². The van der Waals surface area contributed by atoms with Gasteiger partial charge in [0.1, 0.15) is 0 Å². The molecule has 0 saturated carbocycles. The van der Waals surface area contributed by atoms with E-state index >= 15 is 0 Å². The van der Waals surface area contributed by atoms with Crippen molar-refractivity contribution in [2.45, 2.75) is 44.0 Å². The zero-order chi connectivity index (χ0) is 14.3. The molecule has 3 heteroatoms. The Morgan fingerprint density at radius 2 is 1.84 bits per heavy atom. The molecule has 19 heavy (non-hydrogen) atoms. The standard InChI is InChI=1S/C16H27NOS/c1-13(12-18-5)17-10-11-19-15-8-6-14(7-9-15)16(2,3)4/h6-9,13,17H,10-12H2,1-5H3. The van der Waals surface area contributed by atoms with E-state index in [1.54, 1.807) is 7.11 Å². The molecule has 0 radical (unpaired) electrons. The fourth-order valence-electron chi connectivity index (χ4n) is 1.83. The summed E-state index contributed by atoms with van der Waals surface area (Å²) in [4.78, 5) is 1.34. The van der Waals surface area contributed by atoms with Crippen molar-refractivity contribution in [1.82, 2.24) is 5.32 Å². The molecule has 0 aromatic heterocycles. The van der Waals surface area contributed by atoms with Crippen LogP contribution in [0.15, 0.2) is 29.2 Å². The average molecular weight is 281 g/mol. The molecule has 1 aromatic rings. The van der Waals surface area contributed by atoms with Crippen LogP contribution in [0.2, 0.25) is 0 Å². The van der Waals surface area contributed by atoms with Crippen molar-refractivity contribution in [3.05, 3.63) is 29.8 Å². The third-order valence-electron chi connectivity index (χ3n) is 3.00. The first-order chi connectivity index (χ1) is 8.93. The fraction of sp³-hybridized carbons (Fsp3) is 0.625. The summed E-state index contributed by atoms with van der Waals surface area (Å²) in [5.74, 6) is 1.09. The predicted octanol–water partition coefficient (Wildman–Crippen LogP) is 3.70. The van der Waals surface area contributed by atoms with Crippen molar-refractivity contribution < 1.29 is 4.74 Å². The molecule has 1 rings (SSSR count). The quantitative estimate of drug-likeness (QED) is 0.608. The van der Waals surface area contributed by atoms with E-state index in [1.165, 1.54) is 10.5 Å². The second kappa shape index (κ2) is 7.93. The van der Waals surface area contributed by atoms with Gasteiger partial charge in [-0.2, -0.15) is 0 Å². The van der Waals surface area contributed by atoms with Gasteiger partial charge < -0.3 is 10.1 Å². The summed E-state index contributed by atoms with van der Waals surface area (Å²) in [6.07, 6.45) is 0. The largest absolute Gasteiger partial charge is 0.383 e. The van der Waals surface area contributed by atoms with Gasteiger partial charge in [-0.15, -0.1) is 11.8 Å². The maximum absolute atomic E-state index is 5.09. The van der Waals surface area contributed by atoms with E-state index in [1.807, 2.05) is 11.8 Å². The zero-order valence-electron chi connectivity index (χ0n) is 12.8. The minimum Gasteiger partial charge on any atom is -0.383 e. The second-order valence-electron chi connectivity index (χ2n) is 5.93. The number of benzene rings is 1.